The van der Waals surface area contributed by atoms with E-state index in [-0.39, 0.29) is 56.3 Å². The zero-order chi connectivity index (χ0) is 11.1. The van der Waals surface area contributed by atoms with Crippen LogP contribution in [0.1, 0.15) is 5.56 Å². The van der Waals surface area contributed by atoms with Gasteiger partial charge in [-0.25, -0.2) is 8.42 Å². The second-order valence-corrected chi connectivity index (χ2v) is 4.80. The number of rotatable bonds is 1. The second kappa shape index (κ2) is 5.26. The molecule has 3 nitrogen and oxygen atoms in total. The van der Waals surface area contributed by atoms with E-state index in [4.69, 9.17) is 0 Å². The predicted octanol–water partition coefficient (Wildman–Crippen LogP) is -0.944. The number of benzene rings is 2. The Labute approximate surface area is 137 Å². The van der Waals surface area contributed by atoms with E-state index in [1.54, 1.807) is 13.0 Å². The molecule has 0 aliphatic heterocycles. The first-order valence-corrected chi connectivity index (χ1v) is 5.84. The topological polar surface area (TPSA) is 57.2 Å². The Morgan fingerprint density at radius 2 is 1.75 bits per heavy atom. The molecule has 16 heavy (non-hydrogen) atoms. The van der Waals surface area contributed by atoms with Gasteiger partial charge < -0.3 is 4.55 Å². The van der Waals surface area contributed by atoms with Gasteiger partial charge in [-0.1, -0.05) is 24.3 Å². The summed E-state index contributed by atoms with van der Waals surface area (Å²) in [6.07, 6.45) is 0. The summed E-state index contributed by atoms with van der Waals surface area (Å²) in [5.41, 5.74) is 0.794. The number of hydrogen-bond acceptors (Lipinski definition) is 3. The van der Waals surface area contributed by atoms with Gasteiger partial charge in [-0.3, -0.25) is 0 Å². The Balaban J connectivity index is 0.00000128. The molecule has 0 aliphatic rings. The normalized spacial score (nSPS) is 11.1. The number of hydrogen-bond donors (Lipinski definition) is 0. The first-order valence-electron chi connectivity index (χ1n) is 4.44. The minimum absolute atomic E-state index is 0. The summed E-state index contributed by atoms with van der Waals surface area (Å²) in [7, 11) is -4.37. The van der Waals surface area contributed by atoms with Gasteiger partial charge in [0.2, 0.25) is 0 Å². The van der Waals surface area contributed by atoms with Gasteiger partial charge in [-0.15, -0.1) is 0 Å². The Morgan fingerprint density at radius 1 is 1.12 bits per heavy atom. The van der Waals surface area contributed by atoms with E-state index >= 15 is 0 Å². The largest absolute Gasteiger partial charge is 1.00 e. The first-order chi connectivity index (χ1) is 6.98. The van der Waals surface area contributed by atoms with Crippen LogP contribution in [0.25, 0.3) is 10.8 Å². The smallest absolute Gasteiger partial charge is 0.744 e. The van der Waals surface area contributed by atoms with Crippen LogP contribution in [-0.2, 0) is 10.1 Å². The van der Waals surface area contributed by atoms with Crippen LogP contribution in [0.15, 0.2) is 41.3 Å². The van der Waals surface area contributed by atoms with E-state index in [0.29, 0.717) is 0 Å². The molecule has 0 aromatic heterocycles. The molecular weight excluding hydrogens is 251 g/mol. The Hall–Kier alpha value is 0.246. The van der Waals surface area contributed by atoms with Crippen LogP contribution in [0.3, 0.4) is 0 Å². The molecule has 0 unspecified atom stereocenters. The molecule has 0 atom stereocenters. The molecule has 0 heterocycles. The summed E-state index contributed by atoms with van der Waals surface area (Å²) < 4.78 is 32.6. The van der Waals surface area contributed by atoms with Crippen molar-refractivity contribution >= 4 is 20.9 Å². The molecule has 0 N–H and O–H groups in total. The quantitative estimate of drug-likeness (QED) is 0.491. The van der Waals surface area contributed by atoms with Gasteiger partial charge in [0, 0.05) is 0 Å². The van der Waals surface area contributed by atoms with Crippen molar-refractivity contribution < 1.29 is 64.4 Å². The molecule has 0 spiro atoms. The van der Waals surface area contributed by atoms with Crippen LogP contribution < -0.4 is 51.4 Å². The van der Waals surface area contributed by atoms with E-state index in [9.17, 15) is 13.0 Å². The third-order valence-corrected chi connectivity index (χ3v) is 3.14. The van der Waals surface area contributed by atoms with Crippen molar-refractivity contribution in [3.05, 3.63) is 42.0 Å². The molecule has 0 amide bonds. The van der Waals surface area contributed by atoms with E-state index in [1.165, 1.54) is 12.1 Å². The van der Waals surface area contributed by atoms with Crippen LogP contribution in [0.4, 0.5) is 0 Å². The monoisotopic (exact) mass is 260 g/mol. The SMILES string of the molecule is Cc1cc(S(=O)(=O)[O-])cc2ccccc12.[K+]. The second-order valence-electron chi connectivity index (χ2n) is 3.42. The summed E-state index contributed by atoms with van der Waals surface area (Å²) in [6, 6.07) is 10.2. The zero-order valence-corrected chi connectivity index (χ0v) is 13.0. The van der Waals surface area contributed by atoms with Crippen LogP contribution in [-0.4, -0.2) is 13.0 Å². The fraction of sp³-hybridized carbons (Fsp3) is 0.0909. The van der Waals surface area contributed by atoms with Gasteiger partial charge in [0.05, 0.1) is 4.90 Å². The molecule has 0 radical (unpaired) electrons. The standard InChI is InChI=1S/C11H10O3S.K/c1-8-6-10(15(12,13)14)7-9-4-2-3-5-11(8)9;/h2-7H,1H3,(H,12,13,14);/q;+1/p-1. The summed E-state index contributed by atoms with van der Waals surface area (Å²) >= 11 is 0. The molecule has 0 saturated heterocycles. The van der Waals surface area contributed by atoms with Gasteiger partial charge >= 0.3 is 51.4 Å². The van der Waals surface area contributed by atoms with Crippen molar-refractivity contribution in [2.75, 3.05) is 0 Å². The third-order valence-electron chi connectivity index (χ3n) is 2.33. The van der Waals surface area contributed by atoms with Gasteiger partial charge in [0.15, 0.2) is 0 Å². The molecule has 2 aromatic carbocycles. The van der Waals surface area contributed by atoms with E-state index in [0.717, 1.165) is 16.3 Å². The molecule has 0 bridgehead atoms. The summed E-state index contributed by atoms with van der Waals surface area (Å²) in [5.74, 6) is 0. The minimum Gasteiger partial charge on any atom is -0.744 e. The fourth-order valence-corrected chi connectivity index (χ4v) is 2.20. The van der Waals surface area contributed by atoms with E-state index in [1.807, 2.05) is 18.2 Å². The predicted molar refractivity (Wildman–Crippen MR) is 56.6 cm³/mol. The third kappa shape index (κ3) is 2.92. The summed E-state index contributed by atoms with van der Waals surface area (Å²) in [4.78, 5) is -0.168. The van der Waals surface area contributed by atoms with Crippen molar-refractivity contribution in [1.82, 2.24) is 0 Å². The van der Waals surface area contributed by atoms with Crippen molar-refractivity contribution in [3.8, 4) is 0 Å². The maximum atomic E-state index is 10.9. The average Bonchev–Trinajstić information content (AvgIpc) is 2.16. The van der Waals surface area contributed by atoms with Crippen molar-refractivity contribution in [3.63, 3.8) is 0 Å². The van der Waals surface area contributed by atoms with Crippen LogP contribution in [0, 0.1) is 6.92 Å². The van der Waals surface area contributed by atoms with Crippen LogP contribution in [0.5, 0.6) is 0 Å². The van der Waals surface area contributed by atoms with Crippen LogP contribution >= 0.6 is 0 Å². The van der Waals surface area contributed by atoms with E-state index < -0.39 is 10.1 Å². The molecule has 0 fully saturated rings. The number of aryl methyl sites for hydroxylation is 1. The zero-order valence-electron chi connectivity index (χ0n) is 9.10. The summed E-state index contributed by atoms with van der Waals surface area (Å²) in [6.45, 7) is 1.79. The molecular formula is C11H9KO3S. The van der Waals surface area contributed by atoms with Crippen LogP contribution in [0.2, 0.25) is 0 Å². The van der Waals surface area contributed by atoms with Gasteiger partial charge in [0.25, 0.3) is 0 Å². The van der Waals surface area contributed by atoms with Gasteiger partial charge in [-0.05, 0) is 35.4 Å². The fourth-order valence-electron chi connectivity index (χ4n) is 1.61. The maximum absolute atomic E-state index is 10.9. The summed E-state index contributed by atoms with van der Waals surface area (Å²) in [5, 5.41) is 1.73. The molecule has 2 aromatic rings. The first kappa shape index (κ1) is 14.3. The number of fused-ring (bicyclic) bond motifs is 1. The molecule has 0 saturated carbocycles. The van der Waals surface area contributed by atoms with E-state index in [2.05, 4.69) is 0 Å². The Bertz CT molecular complexity index is 620. The maximum Gasteiger partial charge on any atom is 1.00 e. The van der Waals surface area contributed by atoms with Crippen molar-refractivity contribution in [2.45, 2.75) is 11.8 Å². The van der Waals surface area contributed by atoms with Gasteiger partial charge in [-0.2, -0.15) is 0 Å². The molecule has 5 heteroatoms. The molecule has 2 rings (SSSR count). The molecule has 78 valence electrons. The van der Waals surface area contributed by atoms with Gasteiger partial charge in [0.1, 0.15) is 10.1 Å². The van der Waals surface area contributed by atoms with Crippen molar-refractivity contribution in [1.29, 1.82) is 0 Å². The average molecular weight is 260 g/mol. The van der Waals surface area contributed by atoms with Crippen molar-refractivity contribution in [2.24, 2.45) is 0 Å². The molecule has 0 aliphatic carbocycles. The Kier molecular flexibility index (Phi) is 4.71. The minimum atomic E-state index is -4.37. The Morgan fingerprint density at radius 3 is 2.38 bits per heavy atom.